The second-order valence-corrected chi connectivity index (χ2v) is 4.59. The summed E-state index contributed by atoms with van der Waals surface area (Å²) in [5, 5.41) is 8.28. The maximum absolute atomic E-state index is 11.0. The van der Waals surface area contributed by atoms with E-state index in [2.05, 4.69) is 0 Å². The molecule has 0 aliphatic heterocycles. The molecule has 0 rings (SSSR count). The predicted molar refractivity (Wildman–Crippen MR) is 47.8 cm³/mol. The number of rotatable bonds is 5. The van der Waals surface area contributed by atoms with E-state index in [4.69, 9.17) is 10.8 Å². The predicted octanol–water partition coefficient (Wildman–Crippen LogP) is -1.75. The highest BCUT2D eigenvalue weighted by molar-refractivity contribution is 7.90. The Morgan fingerprint density at radius 1 is 1.50 bits per heavy atom. The minimum Gasteiger partial charge on any atom is -0.481 e. The summed E-state index contributed by atoms with van der Waals surface area (Å²) in [6, 6.07) is -1.35. The molecule has 0 aliphatic carbocycles. The van der Waals surface area contributed by atoms with Crippen LogP contribution in [0.15, 0.2) is 0 Å². The molecule has 0 aliphatic rings. The highest BCUT2D eigenvalue weighted by atomic mass is 32.2. The van der Waals surface area contributed by atoms with Gasteiger partial charge in [-0.1, -0.05) is 0 Å². The van der Waals surface area contributed by atoms with Crippen molar-refractivity contribution in [3.8, 4) is 0 Å². The number of hydrogen-bond donors (Lipinski definition) is 3. The zero-order valence-electron chi connectivity index (χ0n) is 7.56. The SMILES string of the molecule is CCS(=O)(=O)NC(=O)C(N)CC(=O)O. The topological polar surface area (TPSA) is 127 Å². The summed E-state index contributed by atoms with van der Waals surface area (Å²) in [5.41, 5.74) is 5.12. The molecule has 14 heavy (non-hydrogen) atoms. The van der Waals surface area contributed by atoms with Gasteiger partial charge < -0.3 is 10.8 Å². The largest absolute Gasteiger partial charge is 0.481 e. The summed E-state index contributed by atoms with van der Waals surface area (Å²) in [5.74, 6) is -2.53. The summed E-state index contributed by atoms with van der Waals surface area (Å²) in [4.78, 5) is 21.1. The van der Waals surface area contributed by atoms with Gasteiger partial charge >= 0.3 is 5.97 Å². The van der Waals surface area contributed by atoms with Crippen LogP contribution in [0.5, 0.6) is 0 Å². The third-order valence-corrected chi connectivity index (χ3v) is 2.64. The van der Waals surface area contributed by atoms with Gasteiger partial charge in [0.2, 0.25) is 10.0 Å². The minimum atomic E-state index is -3.67. The van der Waals surface area contributed by atoms with E-state index in [0.29, 0.717) is 0 Å². The van der Waals surface area contributed by atoms with E-state index in [9.17, 15) is 18.0 Å². The maximum atomic E-state index is 11.0. The van der Waals surface area contributed by atoms with Crippen LogP contribution >= 0.6 is 0 Å². The third-order valence-electron chi connectivity index (χ3n) is 1.37. The van der Waals surface area contributed by atoms with Gasteiger partial charge in [0.05, 0.1) is 18.2 Å². The molecule has 1 unspecified atom stereocenters. The van der Waals surface area contributed by atoms with E-state index in [1.54, 1.807) is 4.72 Å². The molecular formula is C6H12N2O5S. The number of carboxylic acids is 1. The molecule has 8 heteroatoms. The molecule has 1 atom stereocenters. The Balaban J connectivity index is 4.29. The first-order chi connectivity index (χ1) is 6.28. The molecule has 0 aromatic heterocycles. The molecule has 0 aromatic rings. The summed E-state index contributed by atoms with van der Waals surface area (Å²) < 4.78 is 23.4. The van der Waals surface area contributed by atoms with Crippen molar-refractivity contribution in [2.45, 2.75) is 19.4 Å². The number of amides is 1. The van der Waals surface area contributed by atoms with Crippen LogP contribution in [0.2, 0.25) is 0 Å². The van der Waals surface area contributed by atoms with Crippen LogP contribution in [0, 0.1) is 0 Å². The number of sulfonamides is 1. The van der Waals surface area contributed by atoms with E-state index >= 15 is 0 Å². The zero-order valence-corrected chi connectivity index (χ0v) is 8.37. The van der Waals surface area contributed by atoms with Crippen molar-refractivity contribution in [3.63, 3.8) is 0 Å². The van der Waals surface area contributed by atoms with Crippen molar-refractivity contribution in [1.29, 1.82) is 0 Å². The minimum absolute atomic E-state index is 0.265. The third kappa shape index (κ3) is 4.77. The molecule has 0 aromatic carbocycles. The van der Waals surface area contributed by atoms with Crippen molar-refractivity contribution in [2.75, 3.05) is 5.75 Å². The van der Waals surface area contributed by atoms with Gasteiger partial charge in [0.15, 0.2) is 0 Å². The molecule has 0 fully saturated rings. The summed E-state index contributed by atoms with van der Waals surface area (Å²) >= 11 is 0. The van der Waals surface area contributed by atoms with Gasteiger partial charge in [-0.2, -0.15) is 0 Å². The van der Waals surface area contributed by atoms with Gasteiger partial charge in [-0.3, -0.25) is 14.3 Å². The molecule has 0 bridgehead atoms. The van der Waals surface area contributed by atoms with Crippen molar-refractivity contribution in [3.05, 3.63) is 0 Å². The molecule has 0 saturated carbocycles. The van der Waals surface area contributed by atoms with Crippen LogP contribution in [0.25, 0.3) is 0 Å². The van der Waals surface area contributed by atoms with Crippen molar-refractivity contribution < 1.29 is 23.1 Å². The van der Waals surface area contributed by atoms with E-state index < -0.39 is 34.4 Å². The lowest BCUT2D eigenvalue weighted by molar-refractivity contribution is -0.139. The first kappa shape index (κ1) is 12.8. The fourth-order valence-electron chi connectivity index (χ4n) is 0.582. The number of carbonyl (C=O) groups excluding carboxylic acids is 1. The van der Waals surface area contributed by atoms with E-state index in [-0.39, 0.29) is 5.75 Å². The normalized spacial score (nSPS) is 13.3. The first-order valence-corrected chi connectivity index (χ1v) is 5.45. The smallest absolute Gasteiger partial charge is 0.305 e. The van der Waals surface area contributed by atoms with Gasteiger partial charge in [-0.25, -0.2) is 8.42 Å². The second kappa shape index (κ2) is 4.91. The Hall–Kier alpha value is -1.15. The first-order valence-electron chi connectivity index (χ1n) is 3.80. The molecule has 4 N–H and O–H groups in total. The highest BCUT2D eigenvalue weighted by Crippen LogP contribution is 1.91. The lowest BCUT2D eigenvalue weighted by Gasteiger charge is -2.09. The van der Waals surface area contributed by atoms with Crippen LogP contribution in [-0.2, 0) is 19.6 Å². The molecular weight excluding hydrogens is 212 g/mol. The highest BCUT2D eigenvalue weighted by Gasteiger charge is 2.20. The van der Waals surface area contributed by atoms with Gasteiger partial charge in [-0.15, -0.1) is 0 Å². The Bertz CT molecular complexity index is 323. The number of nitrogens with two attached hydrogens (primary N) is 1. The number of hydrogen-bond acceptors (Lipinski definition) is 5. The van der Waals surface area contributed by atoms with Crippen molar-refractivity contribution >= 4 is 21.9 Å². The fourth-order valence-corrected chi connectivity index (χ4v) is 1.18. The lowest BCUT2D eigenvalue weighted by atomic mass is 10.2. The van der Waals surface area contributed by atoms with Crippen molar-refractivity contribution in [1.82, 2.24) is 4.72 Å². The van der Waals surface area contributed by atoms with Crippen LogP contribution < -0.4 is 10.5 Å². The van der Waals surface area contributed by atoms with Gasteiger partial charge in [0.25, 0.3) is 5.91 Å². The summed E-state index contributed by atoms with van der Waals surface area (Å²) in [7, 11) is -3.67. The summed E-state index contributed by atoms with van der Waals surface area (Å²) in [6.07, 6.45) is -0.606. The Kier molecular flexibility index (Phi) is 4.51. The number of aliphatic carboxylic acids is 1. The monoisotopic (exact) mass is 224 g/mol. The Morgan fingerprint density at radius 2 is 2.00 bits per heavy atom. The second-order valence-electron chi connectivity index (χ2n) is 2.57. The number of nitrogens with one attached hydrogen (secondary N) is 1. The van der Waals surface area contributed by atoms with E-state index in [0.717, 1.165) is 0 Å². The average molecular weight is 224 g/mol. The molecule has 0 spiro atoms. The molecule has 82 valence electrons. The fraction of sp³-hybridized carbons (Fsp3) is 0.667. The zero-order chi connectivity index (χ0) is 11.4. The maximum Gasteiger partial charge on any atom is 0.305 e. The number of carbonyl (C=O) groups is 2. The Labute approximate surface area is 81.3 Å². The van der Waals surface area contributed by atoms with Crippen LogP contribution in [-0.4, -0.2) is 37.2 Å². The quantitative estimate of drug-likeness (QED) is 0.508. The molecule has 0 saturated heterocycles. The molecule has 0 radical (unpaired) electrons. The average Bonchev–Trinajstić information content (AvgIpc) is 2.02. The Morgan fingerprint density at radius 3 is 2.36 bits per heavy atom. The van der Waals surface area contributed by atoms with Crippen LogP contribution in [0.4, 0.5) is 0 Å². The van der Waals surface area contributed by atoms with E-state index in [1.807, 2.05) is 0 Å². The summed E-state index contributed by atoms with van der Waals surface area (Å²) in [6.45, 7) is 1.35. The van der Waals surface area contributed by atoms with E-state index in [1.165, 1.54) is 6.92 Å². The van der Waals surface area contributed by atoms with Crippen LogP contribution in [0.1, 0.15) is 13.3 Å². The van der Waals surface area contributed by atoms with Gasteiger partial charge in [0.1, 0.15) is 0 Å². The molecule has 1 amide bonds. The van der Waals surface area contributed by atoms with Gasteiger partial charge in [-0.05, 0) is 6.92 Å². The standard InChI is InChI=1S/C6H12N2O5S/c1-2-14(12,13)8-6(11)4(7)3-5(9)10/h4H,2-3,7H2,1H3,(H,8,11)(H,9,10). The van der Waals surface area contributed by atoms with Crippen molar-refractivity contribution in [2.24, 2.45) is 5.73 Å². The lowest BCUT2D eigenvalue weighted by Crippen LogP contribution is -2.44. The van der Waals surface area contributed by atoms with Gasteiger partial charge in [0, 0.05) is 0 Å². The number of carboxylic acid groups (broad SMARTS) is 1. The molecule has 0 heterocycles. The van der Waals surface area contributed by atoms with Crippen LogP contribution in [0.3, 0.4) is 0 Å². The molecule has 7 nitrogen and oxygen atoms in total.